The highest BCUT2D eigenvalue weighted by molar-refractivity contribution is 8.18. The molecule has 0 aliphatic carbocycles. The Morgan fingerprint density at radius 3 is 2.79 bits per heavy atom. The standard InChI is InChI=1S/C16H17ClN2O4S/c1-3-18-16-19(4-2)15(22)13(24-16)8-10-5-6-12(11(17)7-10)23-9-14(20)21/h5-8H,3-4,9H2,1-2H3,(H,20,21)/p-1. The van der Waals surface area contributed by atoms with Gasteiger partial charge >= 0.3 is 0 Å². The SMILES string of the molecule is CCN=C1SC(=Cc2ccc(OCC(=O)[O-])c(Cl)c2)C(=O)N1CC. The number of thioether (sulfide) groups is 1. The molecule has 1 aromatic carbocycles. The first-order chi connectivity index (χ1) is 11.5. The van der Waals surface area contributed by atoms with Gasteiger partial charge in [-0.05, 0) is 49.4 Å². The molecule has 0 saturated carbocycles. The van der Waals surface area contributed by atoms with Gasteiger partial charge in [-0.25, -0.2) is 0 Å². The minimum atomic E-state index is -1.33. The Bertz CT molecular complexity index is 718. The smallest absolute Gasteiger partial charge is 0.266 e. The zero-order valence-electron chi connectivity index (χ0n) is 13.2. The van der Waals surface area contributed by atoms with Gasteiger partial charge in [-0.2, -0.15) is 0 Å². The Morgan fingerprint density at radius 1 is 1.46 bits per heavy atom. The van der Waals surface area contributed by atoms with Crippen molar-refractivity contribution >= 4 is 46.5 Å². The lowest BCUT2D eigenvalue weighted by Gasteiger charge is -2.11. The maximum Gasteiger partial charge on any atom is 0.266 e. The maximum absolute atomic E-state index is 12.4. The van der Waals surface area contributed by atoms with Gasteiger partial charge in [0.15, 0.2) is 5.17 Å². The molecule has 0 bridgehead atoms. The summed E-state index contributed by atoms with van der Waals surface area (Å²) in [6.45, 7) is 4.40. The lowest BCUT2D eigenvalue weighted by atomic mass is 10.2. The van der Waals surface area contributed by atoms with Crippen LogP contribution in [0.25, 0.3) is 6.08 Å². The molecule has 0 radical (unpaired) electrons. The fraction of sp³-hybridized carbons (Fsp3) is 0.312. The van der Waals surface area contributed by atoms with Gasteiger partial charge in [0.2, 0.25) is 0 Å². The number of nitrogens with zero attached hydrogens (tertiary/aromatic N) is 2. The molecule has 6 nitrogen and oxygen atoms in total. The van der Waals surface area contributed by atoms with Gasteiger partial charge in [0.25, 0.3) is 5.91 Å². The molecule has 1 fully saturated rings. The summed E-state index contributed by atoms with van der Waals surface area (Å²) in [4.78, 5) is 29.3. The van der Waals surface area contributed by atoms with Crippen LogP contribution in [0.15, 0.2) is 28.1 Å². The number of likely N-dealkylation sites (N-methyl/N-ethyl adjacent to an activating group) is 1. The molecule has 0 unspecified atom stereocenters. The van der Waals surface area contributed by atoms with Crippen LogP contribution in [-0.4, -0.2) is 41.6 Å². The van der Waals surface area contributed by atoms with Gasteiger partial charge in [0.05, 0.1) is 15.9 Å². The van der Waals surface area contributed by atoms with Crippen molar-refractivity contribution in [2.24, 2.45) is 4.99 Å². The Kier molecular flexibility index (Phi) is 6.28. The Balaban J connectivity index is 2.22. The molecule has 2 rings (SSSR count). The molecule has 1 aliphatic rings. The van der Waals surface area contributed by atoms with Gasteiger partial charge in [0.1, 0.15) is 12.4 Å². The van der Waals surface area contributed by atoms with Crippen molar-refractivity contribution in [3.05, 3.63) is 33.7 Å². The fourth-order valence-corrected chi connectivity index (χ4v) is 3.40. The average molecular weight is 368 g/mol. The van der Waals surface area contributed by atoms with Crippen LogP contribution >= 0.6 is 23.4 Å². The molecule has 0 atom stereocenters. The van der Waals surface area contributed by atoms with E-state index in [9.17, 15) is 14.7 Å². The summed E-state index contributed by atoms with van der Waals surface area (Å²) < 4.78 is 5.01. The van der Waals surface area contributed by atoms with Gasteiger partial charge in [0, 0.05) is 13.1 Å². The molecule has 1 saturated heterocycles. The van der Waals surface area contributed by atoms with Gasteiger partial charge in [-0.15, -0.1) is 0 Å². The predicted octanol–water partition coefficient (Wildman–Crippen LogP) is 1.78. The molecule has 0 aromatic heterocycles. The van der Waals surface area contributed by atoms with E-state index in [-0.39, 0.29) is 16.7 Å². The number of hydrogen-bond acceptors (Lipinski definition) is 6. The van der Waals surface area contributed by atoms with Crippen LogP contribution < -0.4 is 9.84 Å². The van der Waals surface area contributed by atoms with Crippen LogP contribution in [0.4, 0.5) is 0 Å². The Morgan fingerprint density at radius 2 is 2.21 bits per heavy atom. The predicted molar refractivity (Wildman–Crippen MR) is 92.9 cm³/mol. The molecule has 128 valence electrons. The van der Waals surface area contributed by atoms with Gasteiger partial charge in [-0.1, -0.05) is 17.7 Å². The summed E-state index contributed by atoms with van der Waals surface area (Å²) in [6, 6.07) is 4.86. The van der Waals surface area contributed by atoms with Crippen molar-refractivity contribution < 1.29 is 19.4 Å². The van der Waals surface area contributed by atoms with E-state index in [1.165, 1.54) is 11.8 Å². The molecule has 1 amide bonds. The lowest BCUT2D eigenvalue weighted by molar-refractivity contribution is -0.307. The van der Waals surface area contributed by atoms with Gasteiger partial charge in [-0.3, -0.25) is 14.7 Å². The molecule has 8 heteroatoms. The number of amides is 1. The number of amidine groups is 1. The number of carboxylic acids is 1. The van der Waals surface area contributed by atoms with Crippen molar-refractivity contribution in [3.8, 4) is 5.75 Å². The number of carbonyl (C=O) groups excluding carboxylic acids is 2. The third-order valence-corrected chi connectivity index (χ3v) is 4.44. The van der Waals surface area contributed by atoms with E-state index in [0.29, 0.717) is 28.7 Å². The summed E-state index contributed by atoms with van der Waals surface area (Å²) in [7, 11) is 0. The second-order valence-electron chi connectivity index (χ2n) is 4.77. The first kappa shape index (κ1) is 18.4. The number of carboxylic acid groups (broad SMARTS) is 1. The van der Waals surface area contributed by atoms with E-state index in [4.69, 9.17) is 16.3 Å². The highest BCUT2D eigenvalue weighted by Gasteiger charge is 2.31. The Labute approximate surface area is 149 Å². The number of rotatable bonds is 6. The van der Waals surface area contributed by atoms with Crippen molar-refractivity contribution in [1.82, 2.24) is 4.90 Å². The summed E-state index contributed by atoms with van der Waals surface area (Å²) in [5.41, 5.74) is 0.713. The number of halogens is 1. The second kappa shape index (κ2) is 8.21. The van der Waals surface area contributed by atoms with Crippen molar-refractivity contribution in [3.63, 3.8) is 0 Å². The minimum Gasteiger partial charge on any atom is -0.546 e. The normalized spacial score (nSPS) is 17.8. The minimum absolute atomic E-state index is 0.0944. The quantitative estimate of drug-likeness (QED) is 0.716. The summed E-state index contributed by atoms with van der Waals surface area (Å²) in [6.07, 6.45) is 1.72. The molecule has 1 aliphatic heterocycles. The van der Waals surface area contributed by atoms with E-state index >= 15 is 0 Å². The topological polar surface area (TPSA) is 82.0 Å². The maximum atomic E-state index is 12.4. The fourth-order valence-electron chi connectivity index (χ4n) is 2.05. The van der Waals surface area contributed by atoms with E-state index in [2.05, 4.69) is 4.99 Å². The molecule has 1 aromatic rings. The average Bonchev–Trinajstić information content (AvgIpc) is 2.82. The molecule has 1 heterocycles. The van der Waals surface area contributed by atoms with E-state index in [0.717, 1.165) is 0 Å². The Hall–Kier alpha value is -1.99. The van der Waals surface area contributed by atoms with Gasteiger partial charge < -0.3 is 14.6 Å². The first-order valence-corrected chi connectivity index (χ1v) is 8.53. The number of aliphatic carboxylic acids is 1. The van der Waals surface area contributed by atoms with Crippen molar-refractivity contribution in [1.29, 1.82) is 0 Å². The molecular formula is C16H16ClN2O4S-. The van der Waals surface area contributed by atoms with Crippen LogP contribution in [0.5, 0.6) is 5.75 Å². The van der Waals surface area contributed by atoms with Crippen LogP contribution in [-0.2, 0) is 9.59 Å². The molecular weight excluding hydrogens is 352 g/mol. The monoisotopic (exact) mass is 367 g/mol. The van der Waals surface area contributed by atoms with E-state index in [1.54, 1.807) is 29.2 Å². The second-order valence-corrected chi connectivity index (χ2v) is 6.18. The van der Waals surface area contributed by atoms with Crippen LogP contribution in [0.1, 0.15) is 19.4 Å². The highest BCUT2D eigenvalue weighted by atomic mass is 35.5. The highest BCUT2D eigenvalue weighted by Crippen LogP contribution is 2.33. The zero-order chi connectivity index (χ0) is 17.7. The lowest BCUT2D eigenvalue weighted by Crippen LogP contribution is -2.29. The van der Waals surface area contributed by atoms with Crippen LogP contribution in [0.2, 0.25) is 5.02 Å². The number of aliphatic imine (C=N–C) groups is 1. The molecule has 24 heavy (non-hydrogen) atoms. The molecule has 0 spiro atoms. The first-order valence-electron chi connectivity index (χ1n) is 7.34. The van der Waals surface area contributed by atoms with Crippen LogP contribution in [0.3, 0.4) is 0 Å². The van der Waals surface area contributed by atoms with Crippen LogP contribution in [0, 0.1) is 0 Å². The number of benzene rings is 1. The number of carbonyl (C=O) groups is 2. The number of hydrogen-bond donors (Lipinski definition) is 0. The molecule has 0 N–H and O–H groups in total. The van der Waals surface area contributed by atoms with Crippen molar-refractivity contribution in [2.45, 2.75) is 13.8 Å². The summed E-state index contributed by atoms with van der Waals surface area (Å²) in [5, 5.41) is 11.4. The van der Waals surface area contributed by atoms with E-state index < -0.39 is 12.6 Å². The van der Waals surface area contributed by atoms with E-state index in [1.807, 2.05) is 13.8 Å². The number of ether oxygens (including phenoxy) is 1. The van der Waals surface area contributed by atoms with Crippen molar-refractivity contribution in [2.75, 3.05) is 19.7 Å². The largest absolute Gasteiger partial charge is 0.546 e. The summed E-state index contributed by atoms with van der Waals surface area (Å²) in [5.74, 6) is -1.17. The zero-order valence-corrected chi connectivity index (χ0v) is 14.8. The summed E-state index contributed by atoms with van der Waals surface area (Å²) >= 11 is 7.40. The third-order valence-electron chi connectivity index (χ3n) is 3.10. The third kappa shape index (κ3) is 4.30.